The molecule has 0 spiro atoms. The van der Waals surface area contributed by atoms with Crippen molar-refractivity contribution in [2.45, 2.75) is 45.3 Å². The Kier molecular flexibility index (Phi) is 6.35. The van der Waals surface area contributed by atoms with E-state index in [9.17, 15) is 4.79 Å². The second-order valence-corrected chi connectivity index (χ2v) is 5.92. The lowest BCUT2D eigenvalue weighted by Crippen LogP contribution is -2.37. The van der Waals surface area contributed by atoms with Gasteiger partial charge < -0.3 is 10.6 Å². The van der Waals surface area contributed by atoms with Gasteiger partial charge in [-0.15, -0.1) is 0 Å². The van der Waals surface area contributed by atoms with Crippen molar-refractivity contribution in [1.29, 1.82) is 0 Å². The number of aromatic nitrogens is 2. The summed E-state index contributed by atoms with van der Waals surface area (Å²) in [5, 5.41) is 10.7. The standard InChI is InChI=1S/C18H26N4O/c1-14(16(3)22-13-7-11-20-22)19-12-10-18(23)21-15(2)17-8-5-4-6-9-17/h4-9,11,13-16,19H,10,12H2,1-3H3,(H,21,23). The van der Waals surface area contributed by atoms with E-state index in [1.54, 1.807) is 6.20 Å². The first-order valence-corrected chi connectivity index (χ1v) is 8.14. The highest BCUT2D eigenvalue weighted by molar-refractivity contribution is 5.76. The SMILES string of the molecule is CC(NC(=O)CCNC(C)C(C)n1cccn1)c1ccccc1. The summed E-state index contributed by atoms with van der Waals surface area (Å²) in [6, 6.07) is 12.4. The van der Waals surface area contributed by atoms with Crippen molar-refractivity contribution < 1.29 is 4.79 Å². The minimum Gasteiger partial charge on any atom is -0.350 e. The third-order valence-corrected chi connectivity index (χ3v) is 4.16. The molecule has 2 rings (SSSR count). The Balaban J connectivity index is 1.70. The minimum atomic E-state index is 0.0316. The summed E-state index contributed by atoms with van der Waals surface area (Å²) in [5.74, 6) is 0.0628. The second kappa shape index (κ2) is 8.48. The number of hydrogen-bond acceptors (Lipinski definition) is 3. The highest BCUT2D eigenvalue weighted by Crippen LogP contribution is 2.11. The van der Waals surface area contributed by atoms with Crippen LogP contribution >= 0.6 is 0 Å². The van der Waals surface area contributed by atoms with Crippen molar-refractivity contribution in [3.63, 3.8) is 0 Å². The van der Waals surface area contributed by atoms with Crippen molar-refractivity contribution in [2.24, 2.45) is 0 Å². The molecule has 5 heteroatoms. The molecule has 2 aromatic rings. The first-order chi connectivity index (χ1) is 11.1. The number of hydrogen-bond donors (Lipinski definition) is 2. The lowest BCUT2D eigenvalue weighted by atomic mass is 10.1. The van der Waals surface area contributed by atoms with E-state index in [0.717, 1.165) is 5.56 Å². The molecule has 124 valence electrons. The van der Waals surface area contributed by atoms with Crippen molar-refractivity contribution in [3.05, 3.63) is 54.4 Å². The van der Waals surface area contributed by atoms with Crippen molar-refractivity contribution in [1.82, 2.24) is 20.4 Å². The fourth-order valence-corrected chi connectivity index (χ4v) is 2.47. The van der Waals surface area contributed by atoms with E-state index in [2.05, 4.69) is 29.6 Å². The van der Waals surface area contributed by atoms with Gasteiger partial charge in [-0.05, 0) is 32.4 Å². The van der Waals surface area contributed by atoms with Crippen LogP contribution in [0, 0.1) is 0 Å². The molecule has 0 aliphatic heterocycles. The number of nitrogens with one attached hydrogen (secondary N) is 2. The van der Waals surface area contributed by atoms with Gasteiger partial charge in [-0.2, -0.15) is 5.10 Å². The summed E-state index contributed by atoms with van der Waals surface area (Å²) in [6.45, 7) is 6.88. The predicted molar refractivity (Wildman–Crippen MR) is 92.0 cm³/mol. The van der Waals surface area contributed by atoms with E-state index >= 15 is 0 Å². The fraction of sp³-hybridized carbons (Fsp3) is 0.444. The molecular weight excluding hydrogens is 288 g/mol. The van der Waals surface area contributed by atoms with Gasteiger partial charge in [0.25, 0.3) is 0 Å². The van der Waals surface area contributed by atoms with Crippen molar-refractivity contribution >= 4 is 5.91 Å². The number of nitrogens with zero attached hydrogens (tertiary/aromatic N) is 2. The summed E-state index contributed by atoms with van der Waals surface area (Å²) in [6.07, 6.45) is 4.20. The minimum absolute atomic E-state index is 0.0316. The van der Waals surface area contributed by atoms with Gasteiger partial charge in [0.15, 0.2) is 0 Å². The molecule has 0 aliphatic carbocycles. The number of carbonyl (C=O) groups excluding carboxylic acids is 1. The Morgan fingerprint density at radius 2 is 1.91 bits per heavy atom. The van der Waals surface area contributed by atoms with Gasteiger partial charge in [0.2, 0.25) is 5.91 Å². The maximum Gasteiger partial charge on any atom is 0.221 e. The molecule has 3 atom stereocenters. The van der Waals surface area contributed by atoms with Gasteiger partial charge in [-0.1, -0.05) is 30.3 Å². The monoisotopic (exact) mass is 314 g/mol. The molecule has 0 saturated heterocycles. The van der Waals surface area contributed by atoms with Gasteiger partial charge in [0.05, 0.1) is 12.1 Å². The second-order valence-electron chi connectivity index (χ2n) is 5.92. The van der Waals surface area contributed by atoms with Crippen LogP contribution in [-0.4, -0.2) is 28.3 Å². The van der Waals surface area contributed by atoms with E-state index in [-0.39, 0.29) is 24.0 Å². The molecule has 0 bridgehead atoms. The zero-order valence-electron chi connectivity index (χ0n) is 14.1. The molecule has 1 amide bonds. The third kappa shape index (κ3) is 5.21. The highest BCUT2D eigenvalue weighted by atomic mass is 16.1. The first kappa shape index (κ1) is 17.2. The Labute approximate surface area is 138 Å². The van der Waals surface area contributed by atoms with Crippen LogP contribution in [0.3, 0.4) is 0 Å². The molecule has 1 heterocycles. The zero-order chi connectivity index (χ0) is 16.7. The molecule has 0 aliphatic rings. The summed E-state index contributed by atoms with van der Waals surface area (Å²) >= 11 is 0. The molecule has 0 saturated carbocycles. The number of rotatable bonds is 8. The van der Waals surface area contributed by atoms with E-state index in [0.29, 0.717) is 13.0 Å². The van der Waals surface area contributed by atoms with E-state index in [1.807, 2.05) is 54.2 Å². The van der Waals surface area contributed by atoms with Gasteiger partial charge >= 0.3 is 0 Å². The number of amides is 1. The third-order valence-electron chi connectivity index (χ3n) is 4.16. The van der Waals surface area contributed by atoms with Gasteiger partial charge in [0.1, 0.15) is 0 Å². The normalized spacial score (nSPS) is 14.9. The van der Waals surface area contributed by atoms with E-state index in [1.165, 1.54) is 0 Å². The lowest BCUT2D eigenvalue weighted by Gasteiger charge is -2.22. The number of benzene rings is 1. The summed E-state index contributed by atoms with van der Waals surface area (Å²) in [4.78, 5) is 12.0. The molecule has 1 aromatic carbocycles. The van der Waals surface area contributed by atoms with Crippen LogP contribution < -0.4 is 10.6 Å². The average molecular weight is 314 g/mol. The van der Waals surface area contributed by atoms with Crippen molar-refractivity contribution in [3.8, 4) is 0 Å². The average Bonchev–Trinajstić information content (AvgIpc) is 3.09. The Morgan fingerprint density at radius 1 is 1.17 bits per heavy atom. The predicted octanol–water partition coefficient (Wildman–Crippen LogP) is 2.69. The molecule has 5 nitrogen and oxygen atoms in total. The summed E-state index contributed by atoms with van der Waals surface area (Å²) < 4.78 is 1.93. The lowest BCUT2D eigenvalue weighted by molar-refractivity contribution is -0.121. The smallest absolute Gasteiger partial charge is 0.221 e. The van der Waals surface area contributed by atoms with Gasteiger partial charge in [-0.25, -0.2) is 0 Å². The molecule has 23 heavy (non-hydrogen) atoms. The van der Waals surface area contributed by atoms with Gasteiger partial charge in [-0.3, -0.25) is 9.48 Å². The molecule has 2 N–H and O–H groups in total. The molecule has 3 unspecified atom stereocenters. The largest absolute Gasteiger partial charge is 0.350 e. The molecular formula is C18H26N4O. The van der Waals surface area contributed by atoms with Crippen LogP contribution in [0.2, 0.25) is 0 Å². The molecule has 0 fully saturated rings. The topological polar surface area (TPSA) is 59.0 Å². The summed E-state index contributed by atoms with van der Waals surface area (Å²) in [5.41, 5.74) is 1.12. The number of carbonyl (C=O) groups is 1. The maximum absolute atomic E-state index is 12.0. The Morgan fingerprint density at radius 3 is 2.57 bits per heavy atom. The highest BCUT2D eigenvalue weighted by Gasteiger charge is 2.14. The summed E-state index contributed by atoms with van der Waals surface area (Å²) in [7, 11) is 0. The van der Waals surface area contributed by atoms with Crippen molar-refractivity contribution in [2.75, 3.05) is 6.54 Å². The van der Waals surface area contributed by atoms with E-state index < -0.39 is 0 Å². The Bertz CT molecular complexity index is 582. The molecule has 0 radical (unpaired) electrons. The van der Waals surface area contributed by atoms with Crippen LogP contribution in [0.25, 0.3) is 0 Å². The fourth-order valence-electron chi connectivity index (χ4n) is 2.47. The Hall–Kier alpha value is -2.14. The van der Waals surface area contributed by atoms with Crippen LogP contribution in [0.1, 0.15) is 44.8 Å². The van der Waals surface area contributed by atoms with E-state index in [4.69, 9.17) is 0 Å². The van der Waals surface area contributed by atoms with Crippen LogP contribution in [0.5, 0.6) is 0 Å². The van der Waals surface area contributed by atoms with Crippen LogP contribution in [0.15, 0.2) is 48.8 Å². The molecule has 1 aromatic heterocycles. The first-order valence-electron chi connectivity index (χ1n) is 8.14. The zero-order valence-corrected chi connectivity index (χ0v) is 14.1. The quantitative estimate of drug-likeness (QED) is 0.787. The van der Waals surface area contributed by atoms with Gasteiger partial charge in [0, 0.05) is 31.4 Å². The van der Waals surface area contributed by atoms with Crippen LogP contribution in [-0.2, 0) is 4.79 Å². The maximum atomic E-state index is 12.0. The van der Waals surface area contributed by atoms with Crippen LogP contribution in [0.4, 0.5) is 0 Å².